The van der Waals surface area contributed by atoms with E-state index in [1.807, 2.05) is 20.8 Å². The van der Waals surface area contributed by atoms with Crippen LogP contribution in [0, 0.1) is 5.41 Å². The first-order chi connectivity index (χ1) is 8.89. The summed E-state index contributed by atoms with van der Waals surface area (Å²) in [6.45, 7) is 7.89. The third-order valence-corrected chi connectivity index (χ3v) is 3.10. The minimum Gasteiger partial charge on any atom is -0.337 e. The Balaban J connectivity index is 2.75. The summed E-state index contributed by atoms with van der Waals surface area (Å²) in [6, 6.07) is 0. The Morgan fingerprint density at radius 2 is 2.16 bits per heavy atom. The van der Waals surface area contributed by atoms with E-state index in [4.69, 9.17) is 5.73 Å². The lowest BCUT2D eigenvalue weighted by atomic mass is 9.92. The molecule has 0 atom stereocenters. The molecule has 6 heteroatoms. The van der Waals surface area contributed by atoms with Crippen molar-refractivity contribution in [3.8, 4) is 0 Å². The zero-order chi connectivity index (χ0) is 14.5. The monoisotopic (exact) mass is 268 g/mol. The summed E-state index contributed by atoms with van der Waals surface area (Å²) in [5.74, 6) is -0.232. The van der Waals surface area contributed by atoms with Crippen molar-refractivity contribution in [2.24, 2.45) is 16.3 Å². The molecule has 0 unspecified atom stereocenters. The topological polar surface area (TPSA) is 87.8 Å². The van der Waals surface area contributed by atoms with Crippen LogP contribution in [0.25, 0.3) is 0 Å². The number of nitrogens with two attached hydrogens (primary N) is 1. The number of rotatable bonds is 6. The number of nitrogens with one attached hydrogen (secondary N) is 1. The highest BCUT2D eigenvalue weighted by atomic mass is 16.2. The zero-order valence-corrected chi connectivity index (χ0v) is 12.0. The molecule has 108 valence electrons. The van der Waals surface area contributed by atoms with Gasteiger partial charge in [0.2, 0.25) is 5.91 Å². The molecule has 1 aliphatic heterocycles. The number of hydrazone groups is 1. The normalized spacial score (nSPS) is 15.8. The van der Waals surface area contributed by atoms with Crippen LogP contribution in [0.15, 0.2) is 5.10 Å². The molecular weight excluding hydrogens is 244 g/mol. The van der Waals surface area contributed by atoms with Crippen molar-refractivity contribution >= 4 is 17.5 Å². The summed E-state index contributed by atoms with van der Waals surface area (Å²) in [7, 11) is 0. The highest BCUT2D eigenvalue weighted by Gasteiger charge is 2.27. The standard InChI is InChI=1S/C13H24N4O2/c1-4-7-17(9-13(2,3)8-14)12(19)10-5-6-11(18)16-15-10/h4-9,14H2,1-3H3,(H,16,18). The van der Waals surface area contributed by atoms with Crippen LogP contribution >= 0.6 is 0 Å². The Morgan fingerprint density at radius 3 is 2.63 bits per heavy atom. The van der Waals surface area contributed by atoms with Crippen molar-refractivity contribution in [3.05, 3.63) is 0 Å². The second kappa shape index (κ2) is 6.65. The molecule has 0 aromatic heterocycles. The highest BCUT2D eigenvalue weighted by Crippen LogP contribution is 2.16. The predicted octanol–water partition coefficient (Wildman–Crippen LogP) is 0.476. The first-order valence-electron chi connectivity index (χ1n) is 6.74. The van der Waals surface area contributed by atoms with Crippen molar-refractivity contribution in [1.29, 1.82) is 0 Å². The van der Waals surface area contributed by atoms with Gasteiger partial charge in [0.1, 0.15) is 5.71 Å². The van der Waals surface area contributed by atoms with E-state index in [2.05, 4.69) is 10.5 Å². The number of hydrogen-bond acceptors (Lipinski definition) is 4. The fourth-order valence-electron chi connectivity index (χ4n) is 1.91. The maximum atomic E-state index is 12.4. The Morgan fingerprint density at radius 1 is 1.47 bits per heavy atom. The molecule has 0 saturated heterocycles. The highest BCUT2D eigenvalue weighted by molar-refractivity contribution is 6.39. The Labute approximate surface area is 114 Å². The van der Waals surface area contributed by atoms with Gasteiger partial charge in [-0.1, -0.05) is 20.8 Å². The van der Waals surface area contributed by atoms with Crippen LogP contribution in [0.3, 0.4) is 0 Å². The predicted molar refractivity (Wildman–Crippen MR) is 74.5 cm³/mol. The fraction of sp³-hybridized carbons (Fsp3) is 0.769. The minimum atomic E-state index is -0.138. The number of carbonyl (C=O) groups is 2. The van der Waals surface area contributed by atoms with E-state index >= 15 is 0 Å². The molecule has 0 aliphatic carbocycles. The number of nitrogens with zero attached hydrogens (tertiary/aromatic N) is 2. The molecule has 19 heavy (non-hydrogen) atoms. The SMILES string of the molecule is CCCN(CC(C)(C)CN)C(=O)C1=NNC(=O)CC1. The molecule has 2 amide bonds. The molecule has 1 rings (SSSR count). The third kappa shape index (κ3) is 4.63. The zero-order valence-electron chi connectivity index (χ0n) is 12.0. The van der Waals surface area contributed by atoms with Crippen molar-refractivity contribution in [1.82, 2.24) is 10.3 Å². The molecule has 0 aromatic rings. The molecule has 0 spiro atoms. The first-order valence-corrected chi connectivity index (χ1v) is 6.74. The van der Waals surface area contributed by atoms with Gasteiger partial charge in [0, 0.05) is 25.9 Å². The fourth-order valence-corrected chi connectivity index (χ4v) is 1.91. The molecule has 1 heterocycles. The number of amides is 2. The smallest absolute Gasteiger partial charge is 0.270 e. The van der Waals surface area contributed by atoms with Gasteiger partial charge in [-0.05, 0) is 18.4 Å². The van der Waals surface area contributed by atoms with Crippen molar-refractivity contribution in [2.45, 2.75) is 40.0 Å². The quantitative estimate of drug-likeness (QED) is 0.734. The second-order valence-corrected chi connectivity index (χ2v) is 5.69. The van der Waals surface area contributed by atoms with E-state index in [1.165, 1.54) is 0 Å². The summed E-state index contributed by atoms with van der Waals surface area (Å²) >= 11 is 0. The average Bonchev–Trinajstić information content (AvgIpc) is 2.38. The van der Waals surface area contributed by atoms with E-state index in [0.29, 0.717) is 38.2 Å². The van der Waals surface area contributed by atoms with Gasteiger partial charge in [0.05, 0.1) is 0 Å². The summed E-state index contributed by atoms with van der Waals surface area (Å²) in [5, 5.41) is 3.86. The molecule has 6 nitrogen and oxygen atoms in total. The summed E-state index contributed by atoms with van der Waals surface area (Å²) in [6.07, 6.45) is 1.62. The van der Waals surface area contributed by atoms with Crippen LogP contribution < -0.4 is 11.2 Å². The lowest BCUT2D eigenvalue weighted by Crippen LogP contribution is -2.46. The Kier molecular flexibility index (Phi) is 5.47. The third-order valence-electron chi connectivity index (χ3n) is 3.10. The largest absolute Gasteiger partial charge is 0.337 e. The maximum absolute atomic E-state index is 12.4. The molecule has 0 saturated carbocycles. The lowest BCUT2D eigenvalue weighted by molar-refractivity contribution is -0.125. The lowest BCUT2D eigenvalue weighted by Gasteiger charge is -2.32. The summed E-state index contributed by atoms with van der Waals surface area (Å²) in [4.78, 5) is 25.2. The van der Waals surface area contributed by atoms with Gasteiger partial charge < -0.3 is 10.6 Å². The number of hydrogen-bond donors (Lipinski definition) is 2. The molecule has 3 N–H and O–H groups in total. The molecule has 0 fully saturated rings. The second-order valence-electron chi connectivity index (χ2n) is 5.69. The van der Waals surface area contributed by atoms with E-state index in [-0.39, 0.29) is 17.2 Å². The Hall–Kier alpha value is -1.43. The van der Waals surface area contributed by atoms with Crippen molar-refractivity contribution in [2.75, 3.05) is 19.6 Å². The van der Waals surface area contributed by atoms with Gasteiger partial charge in [-0.15, -0.1) is 0 Å². The summed E-state index contributed by atoms with van der Waals surface area (Å²) in [5.41, 5.74) is 8.40. The van der Waals surface area contributed by atoms with Crippen molar-refractivity contribution < 1.29 is 9.59 Å². The minimum absolute atomic E-state index is 0.0941. The molecule has 0 bridgehead atoms. The molecular formula is C13H24N4O2. The van der Waals surface area contributed by atoms with E-state index in [1.54, 1.807) is 4.90 Å². The van der Waals surface area contributed by atoms with Gasteiger partial charge in [-0.25, -0.2) is 5.43 Å². The summed E-state index contributed by atoms with van der Waals surface area (Å²) < 4.78 is 0. The molecule has 0 aromatic carbocycles. The first kappa shape index (κ1) is 15.6. The van der Waals surface area contributed by atoms with Gasteiger partial charge in [-0.2, -0.15) is 5.10 Å². The Bertz CT molecular complexity index is 377. The maximum Gasteiger partial charge on any atom is 0.270 e. The van der Waals surface area contributed by atoms with Crippen molar-refractivity contribution in [3.63, 3.8) is 0 Å². The van der Waals surface area contributed by atoms with Crippen LogP contribution in [0.5, 0.6) is 0 Å². The van der Waals surface area contributed by atoms with Gasteiger partial charge in [0.15, 0.2) is 0 Å². The van der Waals surface area contributed by atoms with Crippen LogP contribution in [0.2, 0.25) is 0 Å². The average molecular weight is 268 g/mol. The van der Waals surface area contributed by atoms with Crippen LogP contribution in [-0.2, 0) is 9.59 Å². The van der Waals surface area contributed by atoms with Gasteiger partial charge in [0.25, 0.3) is 5.91 Å². The van der Waals surface area contributed by atoms with E-state index in [9.17, 15) is 9.59 Å². The van der Waals surface area contributed by atoms with Crippen LogP contribution in [-0.4, -0.2) is 42.1 Å². The van der Waals surface area contributed by atoms with E-state index in [0.717, 1.165) is 6.42 Å². The molecule has 0 radical (unpaired) electrons. The van der Waals surface area contributed by atoms with Crippen LogP contribution in [0.4, 0.5) is 0 Å². The molecule has 1 aliphatic rings. The van der Waals surface area contributed by atoms with Gasteiger partial charge >= 0.3 is 0 Å². The number of carbonyl (C=O) groups excluding carboxylic acids is 2. The van der Waals surface area contributed by atoms with Gasteiger partial charge in [-0.3, -0.25) is 9.59 Å². The van der Waals surface area contributed by atoms with Crippen LogP contribution in [0.1, 0.15) is 40.0 Å². The van der Waals surface area contributed by atoms with E-state index < -0.39 is 0 Å².